The third-order valence-electron chi connectivity index (χ3n) is 5.92. The molecule has 0 bridgehead atoms. The Balaban J connectivity index is 1.91. The van der Waals surface area contributed by atoms with Crippen molar-refractivity contribution in [3.8, 4) is 17.2 Å². The van der Waals surface area contributed by atoms with Gasteiger partial charge in [-0.05, 0) is 76.0 Å². The predicted molar refractivity (Wildman–Crippen MR) is 113 cm³/mol. The molecule has 0 unspecified atom stereocenters. The largest absolute Gasteiger partial charge is 0.493 e. The quantitative estimate of drug-likeness (QED) is 0.621. The molecule has 1 fully saturated rings. The van der Waals surface area contributed by atoms with Crippen molar-refractivity contribution < 1.29 is 22.6 Å². The van der Waals surface area contributed by atoms with Crippen LogP contribution in [-0.2, 0) is 16.3 Å². The number of benzene rings is 1. The molecule has 0 heterocycles. The normalized spacial score (nSPS) is 20.6. The second-order valence-corrected chi connectivity index (χ2v) is 11.6. The SMILES string of the molecule is COc1cc(CCC2CCC(CS(=O)(=O)C(C)(C)C)CC2)cc(OC)c1OC. The van der Waals surface area contributed by atoms with Crippen LogP contribution in [0.15, 0.2) is 12.1 Å². The molecule has 1 aromatic rings. The van der Waals surface area contributed by atoms with Gasteiger partial charge in [0, 0.05) is 0 Å². The van der Waals surface area contributed by atoms with Crippen LogP contribution in [0.5, 0.6) is 17.2 Å². The minimum atomic E-state index is -3.03. The summed E-state index contributed by atoms with van der Waals surface area (Å²) in [5.74, 6) is 3.28. The summed E-state index contributed by atoms with van der Waals surface area (Å²) in [7, 11) is 1.84. The van der Waals surface area contributed by atoms with Crippen molar-refractivity contribution in [3.05, 3.63) is 17.7 Å². The van der Waals surface area contributed by atoms with Gasteiger partial charge in [0.2, 0.25) is 5.75 Å². The summed E-state index contributed by atoms with van der Waals surface area (Å²) in [6, 6.07) is 4.03. The molecule has 0 N–H and O–H groups in total. The van der Waals surface area contributed by atoms with Crippen LogP contribution in [0.4, 0.5) is 0 Å². The van der Waals surface area contributed by atoms with Crippen molar-refractivity contribution in [3.63, 3.8) is 0 Å². The van der Waals surface area contributed by atoms with Gasteiger partial charge in [-0.25, -0.2) is 8.42 Å². The molecular formula is C22H36O5S. The summed E-state index contributed by atoms with van der Waals surface area (Å²) in [6.07, 6.45) is 6.28. The molecule has 0 spiro atoms. The molecule has 28 heavy (non-hydrogen) atoms. The van der Waals surface area contributed by atoms with Crippen molar-refractivity contribution in [2.24, 2.45) is 11.8 Å². The second-order valence-electron chi connectivity index (χ2n) is 8.85. The number of hydrogen-bond donors (Lipinski definition) is 0. The van der Waals surface area contributed by atoms with Crippen molar-refractivity contribution in [1.29, 1.82) is 0 Å². The van der Waals surface area contributed by atoms with Gasteiger partial charge in [-0.15, -0.1) is 0 Å². The Hall–Kier alpha value is -1.43. The molecule has 0 amide bonds. The van der Waals surface area contributed by atoms with E-state index in [4.69, 9.17) is 14.2 Å². The average Bonchev–Trinajstić information content (AvgIpc) is 2.65. The van der Waals surface area contributed by atoms with Crippen LogP contribution in [0, 0.1) is 11.8 Å². The van der Waals surface area contributed by atoms with Crippen LogP contribution in [0.3, 0.4) is 0 Å². The fourth-order valence-corrected chi connectivity index (χ4v) is 5.35. The Morgan fingerprint density at radius 1 is 0.893 bits per heavy atom. The van der Waals surface area contributed by atoms with Crippen molar-refractivity contribution in [2.75, 3.05) is 27.1 Å². The predicted octanol–water partition coefficient (Wildman–Crippen LogP) is 4.66. The smallest absolute Gasteiger partial charge is 0.203 e. The zero-order chi connectivity index (χ0) is 20.9. The minimum Gasteiger partial charge on any atom is -0.493 e. The monoisotopic (exact) mass is 412 g/mol. The summed E-state index contributed by atoms with van der Waals surface area (Å²) in [5.41, 5.74) is 1.17. The van der Waals surface area contributed by atoms with Gasteiger partial charge in [0.1, 0.15) is 0 Å². The van der Waals surface area contributed by atoms with Gasteiger partial charge in [-0.1, -0.05) is 12.8 Å². The maximum Gasteiger partial charge on any atom is 0.203 e. The molecule has 0 radical (unpaired) electrons. The van der Waals surface area contributed by atoms with Gasteiger partial charge in [0.15, 0.2) is 21.3 Å². The van der Waals surface area contributed by atoms with E-state index in [9.17, 15) is 8.42 Å². The van der Waals surface area contributed by atoms with Crippen molar-refractivity contribution in [1.82, 2.24) is 0 Å². The van der Waals surface area contributed by atoms with Crippen molar-refractivity contribution >= 4 is 9.84 Å². The summed E-state index contributed by atoms with van der Waals surface area (Å²) in [6.45, 7) is 5.39. The number of sulfone groups is 1. The Bertz CT molecular complexity index is 716. The maximum atomic E-state index is 12.5. The Kier molecular flexibility index (Phi) is 7.66. The maximum absolute atomic E-state index is 12.5. The van der Waals surface area contributed by atoms with Gasteiger partial charge in [0.25, 0.3) is 0 Å². The summed E-state index contributed by atoms with van der Waals surface area (Å²) < 4.78 is 40.5. The lowest BCUT2D eigenvalue weighted by molar-refractivity contribution is 0.277. The highest BCUT2D eigenvalue weighted by Crippen LogP contribution is 2.39. The molecule has 1 aliphatic carbocycles. The van der Waals surface area contributed by atoms with E-state index < -0.39 is 14.6 Å². The van der Waals surface area contributed by atoms with Gasteiger partial charge in [-0.2, -0.15) is 0 Å². The van der Waals surface area contributed by atoms with E-state index in [1.807, 2.05) is 12.1 Å². The highest BCUT2D eigenvalue weighted by Gasteiger charge is 2.33. The number of ether oxygens (including phenoxy) is 3. The molecule has 1 aromatic carbocycles. The summed E-state index contributed by atoms with van der Waals surface area (Å²) in [5, 5.41) is 0. The van der Waals surface area contributed by atoms with E-state index in [1.54, 1.807) is 42.1 Å². The lowest BCUT2D eigenvalue weighted by atomic mass is 9.80. The molecule has 6 heteroatoms. The van der Waals surface area contributed by atoms with E-state index in [2.05, 4.69) is 0 Å². The van der Waals surface area contributed by atoms with E-state index >= 15 is 0 Å². The fourth-order valence-electron chi connectivity index (χ4n) is 3.90. The van der Waals surface area contributed by atoms with Crippen LogP contribution in [0.1, 0.15) is 58.4 Å². The number of hydrogen-bond acceptors (Lipinski definition) is 5. The first kappa shape index (κ1) is 22.9. The zero-order valence-electron chi connectivity index (χ0n) is 18.2. The van der Waals surface area contributed by atoms with E-state index in [-0.39, 0.29) is 0 Å². The van der Waals surface area contributed by atoms with E-state index in [1.165, 1.54) is 5.56 Å². The van der Waals surface area contributed by atoms with Crippen LogP contribution in [-0.4, -0.2) is 40.2 Å². The molecule has 0 atom stereocenters. The second kappa shape index (κ2) is 9.38. The van der Waals surface area contributed by atoms with Crippen LogP contribution in [0.2, 0.25) is 0 Å². The van der Waals surface area contributed by atoms with Gasteiger partial charge in [-0.3, -0.25) is 0 Å². The highest BCUT2D eigenvalue weighted by molar-refractivity contribution is 7.92. The van der Waals surface area contributed by atoms with Crippen molar-refractivity contribution in [2.45, 2.75) is 64.0 Å². The lowest BCUT2D eigenvalue weighted by Crippen LogP contribution is -2.34. The average molecular weight is 413 g/mol. The number of aryl methyl sites for hydroxylation is 1. The molecule has 2 rings (SSSR count). The van der Waals surface area contributed by atoms with Crippen LogP contribution >= 0.6 is 0 Å². The molecule has 0 aromatic heterocycles. The molecule has 160 valence electrons. The topological polar surface area (TPSA) is 61.8 Å². The first-order valence-corrected chi connectivity index (χ1v) is 11.8. The van der Waals surface area contributed by atoms with E-state index in [0.717, 1.165) is 38.5 Å². The molecular weight excluding hydrogens is 376 g/mol. The first-order chi connectivity index (χ1) is 13.1. The zero-order valence-corrected chi connectivity index (χ0v) is 19.0. The number of methoxy groups -OCH3 is 3. The lowest BCUT2D eigenvalue weighted by Gasteiger charge is -2.30. The molecule has 1 saturated carbocycles. The minimum absolute atomic E-state index is 0.307. The van der Waals surface area contributed by atoms with Gasteiger partial charge < -0.3 is 14.2 Å². The standard InChI is InChI=1S/C22H36O5S/c1-22(2,3)28(23,24)15-17-10-7-16(8-11-17)9-12-18-13-19(25-4)21(27-6)20(14-18)26-5/h13-14,16-17H,7-12,15H2,1-6H3. The third kappa shape index (κ3) is 5.56. The highest BCUT2D eigenvalue weighted by atomic mass is 32.2. The Morgan fingerprint density at radius 3 is 1.82 bits per heavy atom. The fraction of sp³-hybridized carbons (Fsp3) is 0.727. The molecule has 5 nitrogen and oxygen atoms in total. The number of rotatable bonds is 8. The van der Waals surface area contributed by atoms with Crippen LogP contribution in [0.25, 0.3) is 0 Å². The Labute approximate surface area is 170 Å². The van der Waals surface area contributed by atoms with E-state index in [0.29, 0.717) is 34.8 Å². The molecule has 1 aliphatic rings. The Morgan fingerprint density at radius 2 is 1.39 bits per heavy atom. The van der Waals surface area contributed by atoms with Gasteiger partial charge >= 0.3 is 0 Å². The first-order valence-electron chi connectivity index (χ1n) is 10.1. The summed E-state index contributed by atoms with van der Waals surface area (Å²) in [4.78, 5) is 0. The summed E-state index contributed by atoms with van der Waals surface area (Å²) >= 11 is 0. The third-order valence-corrected chi connectivity index (χ3v) is 8.70. The van der Waals surface area contributed by atoms with Crippen LogP contribution < -0.4 is 14.2 Å². The van der Waals surface area contributed by atoms with Gasteiger partial charge in [0.05, 0.1) is 31.8 Å². The molecule has 0 aliphatic heterocycles. The molecule has 0 saturated heterocycles.